The number of halogens is 1. The molecule has 2 N–H and O–H groups in total. The van der Waals surface area contributed by atoms with Gasteiger partial charge >= 0.3 is 0 Å². The van der Waals surface area contributed by atoms with Crippen LogP contribution < -0.4 is 15.4 Å². The molecular weight excluding hydrogens is 526 g/mol. The Hall–Kier alpha value is -3.30. The molecule has 1 heterocycles. The van der Waals surface area contributed by atoms with Gasteiger partial charge in [0.2, 0.25) is 0 Å². The molecular formula is C26H26BrN5O2S. The molecule has 7 nitrogen and oxygen atoms in total. The van der Waals surface area contributed by atoms with Crippen molar-refractivity contribution in [3.8, 4) is 11.4 Å². The Kier molecular flexibility index (Phi) is 7.77. The van der Waals surface area contributed by atoms with Crippen LogP contribution >= 0.6 is 28.1 Å². The molecule has 0 fully saturated rings. The first-order valence-electron chi connectivity index (χ1n) is 11.3. The van der Waals surface area contributed by atoms with Crippen molar-refractivity contribution < 1.29 is 9.53 Å². The summed E-state index contributed by atoms with van der Waals surface area (Å²) in [6, 6.07) is 17.3. The van der Waals surface area contributed by atoms with E-state index < -0.39 is 0 Å². The van der Waals surface area contributed by atoms with Crippen molar-refractivity contribution in [2.45, 2.75) is 33.1 Å². The second-order valence-corrected chi connectivity index (χ2v) is 9.49. The molecule has 0 radical (unpaired) electrons. The minimum Gasteiger partial charge on any atom is -0.496 e. The normalized spacial score (nSPS) is 10.9. The molecule has 0 aliphatic carbocycles. The number of ether oxygens (including phenoxy) is 1. The molecule has 0 spiro atoms. The van der Waals surface area contributed by atoms with Crippen molar-refractivity contribution in [3.05, 3.63) is 75.8 Å². The molecule has 4 aromatic rings. The van der Waals surface area contributed by atoms with Gasteiger partial charge in [-0.15, -0.1) is 10.2 Å². The van der Waals surface area contributed by atoms with Crippen LogP contribution in [0.5, 0.6) is 5.75 Å². The highest BCUT2D eigenvalue weighted by atomic mass is 79.9. The molecule has 3 aromatic carbocycles. The van der Waals surface area contributed by atoms with E-state index in [-0.39, 0.29) is 11.0 Å². The first-order valence-corrected chi connectivity index (χ1v) is 12.5. The number of rotatable bonds is 7. The third-order valence-corrected chi connectivity index (χ3v) is 6.29. The van der Waals surface area contributed by atoms with Crippen molar-refractivity contribution in [3.63, 3.8) is 0 Å². The van der Waals surface area contributed by atoms with Crippen LogP contribution in [0.15, 0.2) is 59.1 Å². The summed E-state index contributed by atoms with van der Waals surface area (Å²) in [7, 11) is 1.52. The highest BCUT2D eigenvalue weighted by molar-refractivity contribution is 9.10. The zero-order valence-corrected chi connectivity index (χ0v) is 22.2. The molecule has 0 unspecified atom stereocenters. The number of thiocarbonyl (C=S) groups is 1. The maximum Gasteiger partial charge on any atom is 0.261 e. The summed E-state index contributed by atoms with van der Waals surface area (Å²) in [5, 5.41) is 15.3. The molecule has 1 amide bonds. The first-order chi connectivity index (χ1) is 16.9. The van der Waals surface area contributed by atoms with Gasteiger partial charge in [0.15, 0.2) is 5.11 Å². The number of aryl methyl sites for hydroxylation is 2. The van der Waals surface area contributed by atoms with Crippen LogP contribution in [0.4, 0.5) is 5.69 Å². The number of nitrogens with one attached hydrogen (secondary N) is 2. The minimum absolute atomic E-state index is 0.175. The SMILES string of the molecule is CCCCc1ccc(-n2nc3cc(C)c(NC(=S)NC(=O)c4cc(Br)ccc4OC)cc3n2)cc1. The van der Waals surface area contributed by atoms with E-state index in [4.69, 9.17) is 17.0 Å². The predicted molar refractivity (Wildman–Crippen MR) is 147 cm³/mol. The van der Waals surface area contributed by atoms with Gasteiger partial charge in [-0.1, -0.05) is 41.4 Å². The molecule has 4 rings (SSSR count). The van der Waals surface area contributed by atoms with Crippen LogP contribution in [-0.4, -0.2) is 33.1 Å². The van der Waals surface area contributed by atoms with E-state index in [0.29, 0.717) is 11.3 Å². The van der Waals surface area contributed by atoms with Gasteiger partial charge in [0, 0.05) is 10.2 Å². The van der Waals surface area contributed by atoms with E-state index in [1.54, 1.807) is 23.0 Å². The largest absolute Gasteiger partial charge is 0.496 e. The van der Waals surface area contributed by atoms with Crippen LogP contribution in [0.2, 0.25) is 0 Å². The molecule has 0 atom stereocenters. The van der Waals surface area contributed by atoms with E-state index >= 15 is 0 Å². The second-order valence-electron chi connectivity index (χ2n) is 8.17. The average Bonchev–Trinajstić information content (AvgIpc) is 3.25. The molecule has 9 heteroatoms. The van der Waals surface area contributed by atoms with Gasteiger partial charge in [-0.25, -0.2) is 0 Å². The summed E-state index contributed by atoms with van der Waals surface area (Å²) >= 11 is 8.77. The number of nitrogens with zero attached hydrogens (tertiary/aromatic N) is 3. The van der Waals surface area contributed by atoms with Gasteiger partial charge in [0.25, 0.3) is 5.91 Å². The zero-order valence-electron chi connectivity index (χ0n) is 19.8. The monoisotopic (exact) mass is 551 g/mol. The Morgan fingerprint density at radius 3 is 2.49 bits per heavy atom. The maximum atomic E-state index is 12.8. The van der Waals surface area contributed by atoms with E-state index in [1.165, 1.54) is 25.5 Å². The fourth-order valence-electron chi connectivity index (χ4n) is 3.68. The topological polar surface area (TPSA) is 81.1 Å². The Balaban J connectivity index is 1.50. The summed E-state index contributed by atoms with van der Waals surface area (Å²) in [6.45, 7) is 4.14. The Morgan fingerprint density at radius 2 is 1.80 bits per heavy atom. The van der Waals surface area contributed by atoms with Gasteiger partial charge in [0.1, 0.15) is 16.8 Å². The van der Waals surface area contributed by atoms with Crippen molar-refractivity contribution >= 4 is 55.9 Å². The number of aromatic nitrogens is 3. The highest BCUT2D eigenvalue weighted by Gasteiger charge is 2.15. The van der Waals surface area contributed by atoms with Crippen LogP contribution in [0, 0.1) is 6.92 Å². The lowest BCUT2D eigenvalue weighted by Crippen LogP contribution is -2.34. The number of hydrogen-bond donors (Lipinski definition) is 2. The summed E-state index contributed by atoms with van der Waals surface area (Å²) in [4.78, 5) is 14.4. The quantitative estimate of drug-likeness (QED) is 0.275. The number of unbranched alkanes of at least 4 members (excludes halogenated alkanes) is 1. The van der Waals surface area contributed by atoms with E-state index in [0.717, 1.165) is 38.9 Å². The third-order valence-electron chi connectivity index (χ3n) is 5.59. The van der Waals surface area contributed by atoms with Crippen LogP contribution in [0.1, 0.15) is 41.3 Å². The number of carbonyl (C=O) groups is 1. The number of benzene rings is 3. The average molecular weight is 552 g/mol. The fourth-order valence-corrected chi connectivity index (χ4v) is 4.24. The second kappa shape index (κ2) is 11.0. The number of anilines is 1. The smallest absolute Gasteiger partial charge is 0.261 e. The van der Waals surface area contributed by atoms with Gasteiger partial charge in [-0.2, -0.15) is 4.80 Å². The zero-order chi connectivity index (χ0) is 24.9. The lowest BCUT2D eigenvalue weighted by molar-refractivity contribution is 0.0974. The van der Waals surface area contributed by atoms with Crippen LogP contribution in [0.3, 0.4) is 0 Å². The van der Waals surface area contributed by atoms with Crippen molar-refractivity contribution in [2.75, 3.05) is 12.4 Å². The molecule has 0 aliphatic heterocycles. The van der Waals surface area contributed by atoms with E-state index in [9.17, 15) is 4.79 Å². The summed E-state index contributed by atoms with van der Waals surface area (Å²) < 4.78 is 6.05. The Bertz CT molecular complexity index is 1380. The highest BCUT2D eigenvalue weighted by Crippen LogP contribution is 2.24. The molecule has 0 saturated carbocycles. The van der Waals surface area contributed by atoms with Crippen molar-refractivity contribution in [1.29, 1.82) is 0 Å². The standard InChI is InChI=1S/C26H26BrN5O2S/c1-4-5-6-17-7-10-19(11-8-17)32-30-22-13-16(2)21(15-23(22)31-32)28-26(35)29-25(33)20-14-18(27)9-12-24(20)34-3/h7-15H,4-6H2,1-3H3,(H2,28,29,33,35). The third kappa shape index (κ3) is 5.86. The van der Waals surface area contributed by atoms with Gasteiger partial charge in [-0.3, -0.25) is 10.1 Å². The van der Waals surface area contributed by atoms with Gasteiger partial charge in [0.05, 0.1) is 18.4 Å². The summed E-state index contributed by atoms with van der Waals surface area (Å²) in [6.07, 6.45) is 3.43. The lowest BCUT2D eigenvalue weighted by atomic mass is 10.1. The predicted octanol–water partition coefficient (Wildman–Crippen LogP) is 5.97. The summed E-state index contributed by atoms with van der Waals surface area (Å²) in [5.41, 5.74) is 5.75. The van der Waals surface area contributed by atoms with E-state index in [1.807, 2.05) is 31.2 Å². The number of fused-ring (bicyclic) bond motifs is 1. The lowest BCUT2D eigenvalue weighted by Gasteiger charge is -2.13. The van der Waals surface area contributed by atoms with Gasteiger partial charge < -0.3 is 10.1 Å². The maximum absolute atomic E-state index is 12.8. The summed E-state index contributed by atoms with van der Waals surface area (Å²) in [5.74, 6) is 0.0915. The Morgan fingerprint density at radius 1 is 1.09 bits per heavy atom. The fraction of sp³-hybridized carbons (Fsp3) is 0.231. The molecule has 35 heavy (non-hydrogen) atoms. The molecule has 1 aromatic heterocycles. The first kappa shape index (κ1) is 24.8. The molecule has 0 aliphatic rings. The molecule has 0 bridgehead atoms. The van der Waals surface area contributed by atoms with Crippen LogP contribution in [0.25, 0.3) is 16.7 Å². The van der Waals surface area contributed by atoms with Crippen LogP contribution in [-0.2, 0) is 6.42 Å². The molecule has 0 saturated heterocycles. The minimum atomic E-state index is -0.368. The molecule has 180 valence electrons. The Labute approximate surface area is 218 Å². The van der Waals surface area contributed by atoms with Gasteiger partial charge in [-0.05, 0) is 85.6 Å². The number of methoxy groups -OCH3 is 1. The number of carbonyl (C=O) groups excluding carboxylic acids is 1. The van der Waals surface area contributed by atoms with E-state index in [2.05, 4.69) is 55.8 Å². The number of amides is 1. The van der Waals surface area contributed by atoms with Crippen molar-refractivity contribution in [2.24, 2.45) is 0 Å². The van der Waals surface area contributed by atoms with Crippen molar-refractivity contribution in [1.82, 2.24) is 20.3 Å². The number of hydrogen-bond acceptors (Lipinski definition) is 5.